The van der Waals surface area contributed by atoms with Gasteiger partial charge in [-0.15, -0.1) is 0 Å². The fourth-order valence-corrected chi connectivity index (χ4v) is 9.52. The van der Waals surface area contributed by atoms with Gasteiger partial charge in [-0.05, 0) is 123 Å². The number of fused-ring (bicyclic) bond motifs is 11. The van der Waals surface area contributed by atoms with E-state index in [-0.39, 0.29) is 0 Å². The molecule has 12 rings (SSSR count). The second kappa shape index (κ2) is 11.6. The number of hydrogen-bond donors (Lipinski definition) is 0. The summed E-state index contributed by atoms with van der Waals surface area (Å²) in [6, 6.07) is 74.1. The summed E-state index contributed by atoms with van der Waals surface area (Å²) < 4.78 is 2.47. The summed E-state index contributed by atoms with van der Waals surface area (Å²) in [5.41, 5.74) is 8.64. The molecule has 0 fully saturated rings. The summed E-state index contributed by atoms with van der Waals surface area (Å²) in [4.78, 5) is 0. The van der Waals surface area contributed by atoms with Crippen molar-refractivity contribution in [3.05, 3.63) is 200 Å². The van der Waals surface area contributed by atoms with Gasteiger partial charge >= 0.3 is 0 Å². The van der Waals surface area contributed by atoms with E-state index in [1.54, 1.807) is 0 Å². The average Bonchev–Trinajstić information content (AvgIpc) is 3.60. The standard InChI is InChI=1S/C54H33N/c1-2-15-38-33-48-39(32-37(38)14-1)27-31-50-54(48)53-42-18-6-4-13-35(42)26-30-49(53)55(50)40-28-24-36(25-29-40)51-44-19-7-9-21-46(44)52(47-22-10-8-20-45(47)51)43-23-11-16-34-12-3-5-17-41(34)43/h1-33H. The third-order valence-electron chi connectivity index (χ3n) is 11.9. The third kappa shape index (κ3) is 4.41. The van der Waals surface area contributed by atoms with Crippen molar-refractivity contribution in [2.24, 2.45) is 0 Å². The summed E-state index contributed by atoms with van der Waals surface area (Å²) in [6.45, 7) is 0. The maximum absolute atomic E-state index is 2.47. The molecule has 0 spiro atoms. The third-order valence-corrected chi connectivity index (χ3v) is 11.9. The van der Waals surface area contributed by atoms with Gasteiger partial charge in [0.1, 0.15) is 0 Å². The van der Waals surface area contributed by atoms with E-state index in [0.717, 1.165) is 5.69 Å². The molecule has 0 unspecified atom stereocenters. The minimum absolute atomic E-state index is 1.15. The summed E-state index contributed by atoms with van der Waals surface area (Å²) >= 11 is 0. The topological polar surface area (TPSA) is 4.93 Å². The fourth-order valence-electron chi connectivity index (χ4n) is 9.52. The summed E-state index contributed by atoms with van der Waals surface area (Å²) in [7, 11) is 0. The zero-order valence-electron chi connectivity index (χ0n) is 30.0. The lowest BCUT2D eigenvalue weighted by molar-refractivity contribution is 1.18. The Labute approximate surface area is 317 Å². The molecule has 0 bridgehead atoms. The Balaban J connectivity index is 1.11. The van der Waals surface area contributed by atoms with Gasteiger partial charge in [-0.25, -0.2) is 0 Å². The predicted molar refractivity (Wildman–Crippen MR) is 237 cm³/mol. The van der Waals surface area contributed by atoms with Gasteiger partial charge in [-0.2, -0.15) is 0 Å². The SMILES string of the molecule is c1ccc2cc3c(ccc4c3c3c5ccccc5ccc3n4-c3ccc(-c4c5ccccc5c(-c5cccc6ccccc56)c5ccccc45)cc3)cc2c1. The van der Waals surface area contributed by atoms with Gasteiger partial charge in [0.15, 0.2) is 0 Å². The molecule has 0 atom stereocenters. The van der Waals surface area contributed by atoms with E-state index >= 15 is 0 Å². The molecule has 0 aliphatic carbocycles. The van der Waals surface area contributed by atoms with Crippen LogP contribution in [0.1, 0.15) is 0 Å². The van der Waals surface area contributed by atoms with Crippen LogP contribution in [-0.2, 0) is 0 Å². The molecule has 0 radical (unpaired) electrons. The lowest BCUT2D eigenvalue weighted by Gasteiger charge is -2.19. The fraction of sp³-hybridized carbons (Fsp3) is 0. The first kappa shape index (κ1) is 30.3. The molecule has 12 aromatic rings. The van der Waals surface area contributed by atoms with Crippen LogP contribution in [0.2, 0.25) is 0 Å². The summed E-state index contributed by atoms with van der Waals surface area (Å²) in [5.74, 6) is 0. The van der Waals surface area contributed by atoms with Crippen LogP contribution in [0.3, 0.4) is 0 Å². The molecule has 1 nitrogen and oxygen atoms in total. The first-order valence-corrected chi connectivity index (χ1v) is 19.1. The predicted octanol–water partition coefficient (Wildman–Crippen LogP) is 15.0. The second-order valence-electron chi connectivity index (χ2n) is 14.8. The van der Waals surface area contributed by atoms with Gasteiger partial charge in [-0.1, -0.05) is 164 Å². The van der Waals surface area contributed by atoms with Crippen LogP contribution in [0.4, 0.5) is 0 Å². The highest BCUT2D eigenvalue weighted by Crippen LogP contribution is 2.46. The monoisotopic (exact) mass is 695 g/mol. The Morgan fingerprint density at radius 2 is 0.745 bits per heavy atom. The quantitative estimate of drug-likeness (QED) is 0.162. The molecule has 0 amide bonds. The molecule has 0 aliphatic heterocycles. The number of rotatable bonds is 3. The normalized spacial score (nSPS) is 12.0. The largest absolute Gasteiger partial charge is 0.309 e. The van der Waals surface area contributed by atoms with Gasteiger partial charge in [0, 0.05) is 16.5 Å². The molecule has 1 heterocycles. The lowest BCUT2D eigenvalue weighted by atomic mass is 9.85. The van der Waals surface area contributed by atoms with Gasteiger partial charge in [0.25, 0.3) is 0 Å². The summed E-state index contributed by atoms with van der Waals surface area (Å²) in [5, 5.41) is 17.8. The Morgan fingerprint density at radius 1 is 0.273 bits per heavy atom. The Kier molecular flexibility index (Phi) is 6.40. The van der Waals surface area contributed by atoms with Crippen molar-refractivity contribution in [2.75, 3.05) is 0 Å². The smallest absolute Gasteiger partial charge is 0.0547 e. The van der Waals surface area contributed by atoms with Gasteiger partial charge < -0.3 is 4.57 Å². The first-order chi connectivity index (χ1) is 27.3. The first-order valence-electron chi connectivity index (χ1n) is 19.1. The van der Waals surface area contributed by atoms with Gasteiger partial charge in [-0.3, -0.25) is 0 Å². The maximum Gasteiger partial charge on any atom is 0.0547 e. The molecule has 0 aliphatic rings. The number of hydrogen-bond acceptors (Lipinski definition) is 0. The number of aromatic nitrogens is 1. The van der Waals surface area contributed by atoms with Crippen LogP contribution in [-0.4, -0.2) is 4.57 Å². The van der Waals surface area contributed by atoms with Gasteiger partial charge in [0.05, 0.1) is 11.0 Å². The van der Waals surface area contributed by atoms with Crippen molar-refractivity contribution in [1.82, 2.24) is 4.57 Å². The number of benzene rings is 11. The maximum atomic E-state index is 2.47. The molecule has 55 heavy (non-hydrogen) atoms. The van der Waals surface area contributed by atoms with Crippen LogP contribution in [0.15, 0.2) is 200 Å². The van der Waals surface area contributed by atoms with E-state index in [2.05, 4.69) is 205 Å². The van der Waals surface area contributed by atoms with Crippen molar-refractivity contribution in [1.29, 1.82) is 0 Å². The minimum atomic E-state index is 1.15. The van der Waals surface area contributed by atoms with E-state index in [1.807, 2.05) is 0 Å². The van der Waals surface area contributed by atoms with Crippen molar-refractivity contribution in [2.45, 2.75) is 0 Å². The molecular formula is C54H33N. The van der Waals surface area contributed by atoms with Crippen LogP contribution < -0.4 is 0 Å². The van der Waals surface area contributed by atoms with Crippen LogP contribution >= 0.6 is 0 Å². The zero-order chi connectivity index (χ0) is 36.0. The van der Waals surface area contributed by atoms with E-state index in [0.29, 0.717) is 0 Å². The second-order valence-corrected chi connectivity index (χ2v) is 14.8. The van der Waals surface area contributed by atoms with Gasteiger partial charge in [0.2, 0.25) is 0 Å². The molecular weight excluding hydrogens is 663 g/mol. The molecule has 0 saturated heterocycles. The molecule has 0 N–H and O–H groups in total. The highest BCUT2D eigenvalue weighted by atomic mass is 15.0. The van der Waals surface area contributed by atoms with Crippen molar-refractivity contribution in [3.63, 3.8) is 0 Å². The molecule has 11 aromatic carbocycles. The Hall–Kier alpha value is -7.22. The van der Waals surface area contributed by atoms with E-state index in [4.69, 9.17) is 0 Å². The molecule has 254 valence electrons. The van der Waals surface area contributed by atoms with E-state index < -0.39 is 0 Å². The van der Waals surface area contributed by atoms with E-state index in [1.165, 1.54) is 109 Å². The highest BCUT2D eigenvalue weighted by Gasteiger charge is 2.20. The minimum Gasteiger partial charge on any atom is -0.309 e. The van der Waals surface area contributed by atoms with Crippen molar-refractivity contribution < 1.29 is 0 Å². The van der Waals surface area contributed by atoms with Crippen LogP contribution in [0.25, 0.3) is 114 Å². The van der Waals surface area contributed by atoms with Crippen molar-refractivity contribution in [3.8, 4) is 27.9 Å². The molecule has 1 aromatic heterocycles. The number of nitrogens with zero attached hydrogens (tertiary/aromatic N) is 1. The summed E-state index contributed by atoms with van der Waals surface area (Å²) in [6.07, 6.45) is 0. The highest BCUT2D eigenvalue weighted by molar-refractivity contribution is 6.29. The Bertz CT molecular complexity index is 3470. The van der Waals surface area contributed by atoms with Crippen molar-refractivity contribution >= 4 is 86.4 Å². The van der Waals surface area contributed by atoms with Crippen LogP contribution in [0.5, 0.6) is 0 Å². The Morgan fingerprint density at radius 3 is 1.40 bits per heavy atom. The average molecular weight is 696 g/mol. The molecule has 1 heteroatoms. The molecule has 0 saturated carbocycles. The van der Waals surface area contributed by atoms with E-state index in [9.17, 15) is 0 Å². The lowest BCUT2D eigenvalue weighted by Crippen LogP contribution is -1.95. The zero-order valence-corrected chi connectivity index (χ0v) is 30.0. The van der Waals surface area contributed by atoms with Crippen LogP contribution in [0, 0.1) is 0 Å².